The van der Waals surface area contributed by atoms with Crippen molar-refractivity contribution in [2.24, 2.45) is 0 Å². The van der Waals surface area contributed by atoms with E-state index in [-0.39, 0.29) is 17.5 Å². The first-order chi connectivity index (χ1) is 8.56. The van der Waals surface area contributed by atoms with Crippen molar-refractivity contribution in [3.05, 3.63) is 52.5 Å². The van der Waals surface area contributed by atoms with Gasteiger partial charge < -0.3 is 15.5 Å². The van der Waals surface area contributed by atoms with Gasteiger partial charge in [-0.25, -0.2) is 0 Å². The molecular weight excluding hydrogens is 294 g/mol. The molecule has 0 radical (unpaired) electrons. The van der Waals surface area contributed by atoms with Gasteiger partial charge >= 0.3 is 0 Å². The van der Waals surface area contributed by atoms with Gasteiger partial charge in [0.15, 0.2) is 0 Å². The van der Waals surface area contributed by atoms with E-state index in [1.807, 2.05) is 31.2 Å². The first-order valence-corrected chi connectivity index (χ1v) is 6.39. The van der Waals surface area contributed by atoms with Crippen molar-refractivity contribution in [2.45, 2.75) is 13.0 Å². The predicted molar refractivity (Wildman–Crippen MR) is 76.0 cm³/mol. The maximum absolute atomic E-state index is 9.78. The molecule has 0 bridgehead atoms. The number of nitrogens with one attached hydrogen (secondary N) is 1. The molecule has 0 fully saturated rings. The number of phenolic OH excluding ortho intramolecular Hbond substituents is 2. The van der Waals surface area contributed by atoms with E-state index in [2.05, 4.69) is 21.2 Å². The van der Waals surface area contributed by atoms with E-state index in [0.717, 1.165) is 15.7 Å². The number of phenols is 2. The summed E-state index contributed by atoms with van der Waals surface area (Å²) in [6, 6.07) is 12.4. The Hall–Kier alpha value is -1.68. The summed E-state index contributed by atoms with van der Waals surface area (Å²) >= 11 is 3.38. The highest BCUT2D eigenvalue weighted by atomic mass is 79.9. The van der Waals surface area contributed by atoms with Crippen molar-refractivity contribution in [2.75, 3.05) is 5.32 Å². The van der Waals surface area contributed by atoms with Crippen LogP contribution in [0.2, 0.25) is 0 Å². The maximum atomic E-state index is 9.78. The Kier molecular flexibility index (Phi) is 3.77. The van der Waals surface area contributed by atoms with Gasteiger partial charge in [0.25, 0.3) is 0 Å². The number of benzene rings is 2. The molecule has 3 N–H and O–H groups in total. The van der Waals surface area contributed by atoms with Gasteiger partial charge in [-0.2, -0.15) is 0 Å². The Balaban J connectivity index is 2.16. The quantitative estimate of drug-likeness (QED) is 0.802. The summed E-state index contributed by atoms with van der Waals surface area (Å²) in [4.78, 5) is 0. The Morgan fingerprint density at radius 2 is 1.72 bits per heavy atom. The van der Waals surface area contributed by atoms with Crippen molar-refractivity contribution in [1.29, 1.82) is 0 Å². The maximum Gasteiger partial charge on any atom is 0.124 e. The van der Waals surface area contributed by atoms with Gasteiger partial charge in [-0.1, -0.05) is 15.9 Å². The fourth-order valence-corrected chi connectivity index (χ4v) is 2.04. The molecule has 4 heteroatoms. The first kappa shape index (κ1) is 12.8. The van der Waals surface area contributed by atoms with Crippen LogP contribution in [0.25, 0.3) is 0 Å². The van der Waals surface area contributed by atoms with E-state index in [0.29, 0.717) is 0 Å². The normalized spacial score (nSPS) is 12.1. The average molecular weight is 308 g/mol. The molecule has 0 aliphatic heterocycles. The highest BCUT2D eigenvalue weighted by Crippen LogP contribution is 2.30. The van der Waals surface area contributed by atoms with Gasteiger partial charge in [-0.3, -0.25) is 0 Å². The van der Waals surface area contributed by atoms with E-state index in [1.165, 1.54) is 6.07 Å². The highest BCUT2D eigenvalue weighted by molar-refractivity contribution is 9.10. The summed E-state index contributed by atoms with van der Waals surface area (Å²) in [6.07, 6.45) is 0. The monoisotopic (exact) mass is 307 g/mol. The first-order valence-electron chi connectivity index (χ1n) is 5.60. The molecule has 18 heavy (non-hydrogen) atoms. The summed E-state index contributed by atoms with van der Waals surface area (Å²) in [6.45, 7) is 1.95. The number of anilines is 1. The van der Waals surface area contributed by atoms with E-state index in [1.54, 1.807) is 12.1 Å². The fourth-order valence-electron chi connectivity index (χ4n) is 1.77. The van der Waals surface area contributed by atoms with Crippen LogP contribution in [0.15, 0.2) is 46.9 Å². The Bertz CT molecular complexity index is 540. The Morgan fingerprint density at radius 1 is 1.06 bits per heavy atom. The van der Waals surface area contributed by atoms with Gasteiger partial charge in [0, 0.05) is 21.8 Å². The molecule has 2 aromatic rings. The second kappa shape index (κ2) is 5.31. The zero-order chi connectivity index (χ0) is 13.1. The van der Waals surface area contributed by atoms with Gasteiger partial charge in [0.1, 0.15) is 11.5 Å². The third kappa shape index (κ3) is 2.96. The minimum Gasteiger partial charge on any atom is -0.508 e. The molecule has 0 spiro atoms. The molecule has 0 heterocycles. The van der Waals surface area contributed by atoms with Crippen LogP contribution in [0, 0.1) is 0 Å². The lowest BCUT2D eigenvalue weighted by Crippen LogP contribution is -2.06. The summed E-state index contributed by atoms with van der Waals surface area (Å²) in [5.41, 5.74) is 1.72. The summed E-state index contributed by atoms with van der Waals surface area (Å²) < 4.78 is 1.02. The standard InChI is InChI=1S/C14H14BrNO2/c1-9(13-7-6-12(17)8-14(13)18)16-11-4-2-10(15)3-5-11/h2-9,16-18H,1H3. The van der Waals surface area contributed by atoms with Crippen molar-refractivity contribution in [3.8, 4) is 11.5 Å². The van der Waals surface area contributed by atoms with Crippen LogP contribution < -0.4 is 5.32 Å². The molecule has 0 saturated heterocycles. The summed E-state index contributed by atoms with van der Waals surface area (Å²) in [5.74, 6) is 0.152. The van der Waals surface area contributed by atoms with Gasteiger partial charge in [0.2, 0.25) is 0 Å². The molecule has 0 aromatic heterocycles. The number of halogens is 1. The lowest BCUT2D eigenvalue weighted by Gasteiger charge is -2.17. The lowest BCUT2D eigenvalue weighted by molar-refractivity contribution is 0.444. The molecule has 0 aliphatic carbocycles. The molecule has 1 unspecified atom stereocenters. The molecule has 94 valence electrons. The van der Waals surface area contributed by atoms with Crippen LogP contribution >= 0.6 is 15.9 Å². The summed E-state index contributed by atoms with van der Waals surface area (Å²) in [5, 5.41) is 22.3. The minimum atomic E-state index is -0.0493. The van der Waals surface area contributed by atoms with Crippen LogP contribution in [0.1, 0.15) is 18.5 Å². The van der Waals surface area contributed by atoms with Crippen LogP contribution in [0.5, 0.6) is 11.5 Å². The van der Waals surface area contributed by atoms with Gasteiger partial charge in [-0.05, 0) is 43.3 Å². The summed E-state index contributed by atoms with van der Waals surface area (Å²) in [7, 11) is 0. The number of aromatic hydroxyl groups is 2. The Morgan fingerprint density at radius 3 is 2.33 bits per heavy atom. The third-order valence-electron chi connectivity index (χ3n) is 2.71. The largest absolute Gasteiger partial charge is 0.508 e. The van der Waals surface area contributed by atoms with Crippen molar-refractivity contribution in [3.63, 3.8) is 0 Å². The number of hydrogen-bond acceptors (Lipinski definition) is 3. The Labute approximate surface area is 114 Å². The molecule has 2 aromatic carbocycles. The number of hydrogen-bond donors (Lipinski definition) is 3. The highest BCUT2D eigenvalue weighted by Gasteiger charge is 2.10. The molecule has 0 amide bonds. The van der Waals surface area contributed by atoms with Crippen molar-refractivity contribution < 1.29 is 10.2 Å². The smallest absolute Gasteiger partial charge is 0.124 e. The molecular formula is C14H14BrNO2. The zero-order valence-corrected chi connectivity index (χ0v) is 11.5. The fraction of sp³-hybridized carbons (Fsp3) is 0.143. The van der Waals surface area contributed by atoms with E-state index in [4.69, 9.17) is 0 Å². The van der Waals surface area contributed by atoms with Crippen LogP contribution in [0.4, 0.5) is 5.69 Å². The van der Waals surface area contributed by atoms with E-state index in [9.17, 15) is 10.2 Å². The molecule has 0 aliphatic rings. The zero-order valence-electron chi connectivity index (χ0n) is 9.89. The van der Waals surface area contributed by atoms with E-state index >= 15 is 0 Å². The lowest BCUT2D eigenvalue weighted by atomic mass is 10.1. The van der Waals surface area contributed by atoms with Crippen molar-refractivity contribution in [1.82, 2.24) is 0 Å². The van der Waals surface area contributed by atoms with Crippen LogP contribution in [-0.4, -0.2) is 10.2 Å². The van der Waals surface area contributed by atoms with Crippen molar-refractivity contribution >= 4 is 21.6 Å². The molecule has 1 atom stereocenters. The predicted octanol–water partition coefficient (Wildman–Crippen LogP) is 4.03. The van der Waals surface area contributed by atoms with Crippen LogP contribution in [0.3, 0.4) is 0 Å². The average Bonchev–Trinajstić information content (AvgIpc) is 2.32. The molecule has 2 rings (SSSR count). The van der Waals surface area contributed by atoms with E-state index < -0.39 is 0 Å². The molecule has 0 saturated carbocycles. The molecule has 3 nitrogen and oxygen atoms in total. The SMILES string of the molecule is CC(Nc1ccc(Br)cc1)c1ccc(O)cc1O. The van der Waals surface area contributed by atoms with Gasteiger partial charge in [-0.15, -0.1) is 0 Å². The second-order valence-corrected chi connectivity index (χ2v) is 5.03. The minimum absolute atomic E-state index is 0.0493. The topological polar surface area (TPSA) is 52.5 Å². The third-order valence-corrected chi connectivity index (χ3v) is 3.24. The van der Waals surface area contributed by atoms with Gasteiger partial charge in [0.05, 0.1) is 6.04 Å². The number of rotatable bonds is 3. The second-order valence-electron chi connectivity index (χ2n) is 4.12. The van der Waals surface area contributed by atoms with Crippen LogP contribution in [-0.2, 0) is 0 Å².